The normalized spacial score (nSPS) is 16.4. The summed E-state index contributed by atoms with van der Waals surface area (Å²) in [6, 6.07) is 9.54. The molecule has 26 heavy (non-hydrogen) atoms. The molecule has 0 bridgehead atoms. The van der Waals surface area contributed by atoms with Crippen LogP contribution in [0.4, 0.5) is 5.13 Å². The molecule has 1 heterocycles. The van der Waals surface area contributed by atoms with E-state index in [1.807, 2.05) is 37.3 Å². The van der Waals surface area contributed by atoms with Crippen molar-refractivity contribution in [2.24, 2.45) is 0 Å². The Morgan fingerprint density at radius 1 is 1.35 bits per heavy atom. The van der Waals surface area contributed by atoms with Gasteiger partial charge in [0.2, 0.25) is 5.91 Å². The van der Waals surface area contributed by atoms with Crippen LogP contribution >= 0.6 is 11.3 Å². The summed E-state index contributed by atoms with van der Waals surface area (Å²) in [5.41, 5.74) is 1.56. The lowest BCUT2D eigenvalue weighted by atomic mass is 9.91. The topological polar surface area (TPSA) is 117 Å². The van der Waals surface area contributed by atoms with Gasteiger partial charge in [0.25, 0.3) is 6.47 Å². The molecule has 0 saturated carbocycles. The van der Waals surface area contributed by atoms with Crippen molar-refractivity contribution in [2.75, 3.05) is 5.32 Å². The van der Waals surface area contributed by atoms with E-state index in [1.165, 1.54) is 11.3 Å². The van der Waals surface area contributed by atoms with Crippen molar-refractivity contribution >= 4 is 34.8 Å². The minimum atomic E-state index is -0.841. The van der Waals surface area contributed by atoms with Crippen LogP contribution < -0.4 is 5.32 Å². The molecule has 0 saturated heterocycles. The van der Waals surface area contributed by atoms with Crippen LogP contribution in [0.3, 0.4) is 0 Å². The number of benzene rings is 1. The number of carbonyl (C=O) groups excluding carboxylic acids is 1. The molecule has 1 amide bonds. The second-order valence-electron chi connectivity index (χ2n) is 5.84. The van der Waals surface area contributed by atoms with E-state index in [9.17, 15) is 14.7 Å². The Labute approximate surface area is 154 Å². The molecule has 138 valence electrons. The number of thiazole rings is 1. The van der Waals surface area contributed by atoms with Gasteiger partial charge in [-0.15, -0.1) is 11.3 Å². The van der Waals surface area contributed by atoms with Crippen molar-refractivity contribution in [2.45, 2.75) is 38.0 Å². The number of aliphatic carboxylic acids is 1. The smallest absolute Gasteiger partial charge is 0.312 e. The second kappa shape index (κ2) is 9.10. The molecule has 3 N–H and O–H groups in total. The van der Waals surface area contributed by atoms with Crippen LogP contribution in [-0.2, 0) is 20.8 Å². The van der Waals surface area contributed by atoms with E-state index in [1.54, 1.807) is 0 Å². The fourth-order valence-electron chi connectivity index (χ4n) is 2.82. The molecule has 0 fully saturated rings. The van der Waals surface area contributed by atoms with Crippen molar-refractivity contribution in [1.29, 1.82) is 0 Å². The van der Waals surface area contributed by atoms with Gasteiger partial charge < -0.3 is 15.5 Å². The number of carbonyl (C=O) groups is 3. The van der Waals surface area contributed by atoms with Gasteiger partial charge in [-0.1, -0.05) is 30.3 Å². The maximum Gasteiger partial charge on any atom is 0.312 e. The lowest BCUT2D eigenvalue weighted by Crippen LogP contribution is -2.19. The summed E-state index contributed by atoms with van der Waals surface area (Å²) in [4.78, 5) is 37.4. The SMILES string of the molecule is CC(C(=O)Nc1nc2c(s1)CCCC2C(=O)O)c1ccccc1.O=CO. The summed E-state index contributed by atoms with van der Waals surface area (Å²) in [6.45, 7) is 1.60. The van der Waals surface area contributed by atoms with Crippen LogP contribution in [0.1, 0.15) is 47.7 Å². The molecule has 1 aliphatic carbocycles. The number of anilines is 1. The van der Waals surface area contributed by atoms with Crippen LogP contribution in [0.15, 0.2) is 30.3 Å². The first-order chi connectivity index (χ1) is 12.5. The highest BCUT2D eigenvalue weighted by atomic mass is 32.1. The second-order valence-corrected chi connectivity index (χ2v) is 6.92. The highest BCUT2D eigenvalue weighted by Crippen LogP contribution is 2.37. The average Bonchev–Trinajstić information content (AvgIpc) is 3.04. The number of hydrogen-bond donors (Lipinski definition) is 3. The summed E-state index contributed by atoms with van der Waals surface area (Å²) in [5.74, 6) is -1.81. The summed E-state index contributed by atoms with van der Waals surface area (Å²) in [7, 11) is 0. The predicted octanol–water partition coefficient (Wildman–Crippen LogP) is 3.09. The Morgan fingerprint density at radius 2 is 2.00 bits per heavy atom. The monoisotopic (exact) mass is 376 g/mol. The number of aromatic nitrogens is 1. The molecule has 2 atom stereocenters. The van der Waals surface area contributed by atoms with Crippen LogP contribution in [-0.4, -0.2) is 33.5 Å². The van der Waals surface area contributed by atoms with Gasteiger partial charge in [0.1, 0.15) is 5.92 Å². The Bertz CT molecular complexity index is 775. The Balaban J connectivity index is 0.000000758. The summed E-state index contributed by atoms with van der Waals surface area (Å²) in [6.07, 6.45) is 2.29. The van der Waals surface area contributed by atoms with Crippen LogP contribution in [0.5, 0.6) is 0 Å². The van der Waals surface area contributed by atoms with E-state index in [0.717, 1.165) is 23.3 Å². The van der Waals surface area contributed by atoms with Crippen LogP contribution in [0.2, 0.25) is 0 Å². The third-order valence-electron chi connectivity index (χ3n) is 4.18. The van der Waals surface area contributed by atoms with E-state index < -0.39 is 11.9 Å². The fraction of sp³-hybridized carbons (Fsp3) is 0.333. The summed E-state index contributed by atoms with van der Waals surface area (Å²) >= 11 is 1.39. The highest BCUT2D eigenvalue weighted by Gasteiger charge is 2.30. The fourth-order valence-corrected chi connectivity index (χ4v) is 3.89. The zero-order valence-electron chi connectivity index (χ0n) is 14.2. The Hall–Kier alpha value is -2.74. The molecule has 0 radical (unpaired) electrons. The molecule has 0 aliphatic heterocycles. The zero-order valence-corrected chi connectivity index (χ0v) is 15.0. The van der Waals surface area contributed by atoms with Gasteiger partial charge in [0.05, 0.1) is 11.6 Å². The minimum Gasteiger partial charge on any atom is -0.483 e. The predicted molar refractivity (Wildman–Crippen MR) is 97.6 cm³/mol. The molecule has 7 nitrogen and oxygen atoms in total. The van der Waals surface area contributed by atoms with Crippen molar-refractivity contribution in [1.82, 2.24) is 4.98 Å². The third-order valence-corrected chi connectivity index (χ3v) is 5.22. The van der Waals surface area contributed by atoms with E-state index in [0.29, 0.717) is 17.2 Å². The van der Waals surface area contributed by atoms with Crippen LogP contribution in [0, 0.1) is 0 Å². The van der Waals surface area contributed by atoms with Gasteiger partial charge in [-0.3, -0.25) is 14.4 Å². The molecule has 2 aromatic rings. The van der Waals surface area contributed by atoms with Gasteiger partial charge in [-0.2, -0.15) is 0 Å². The Kier molecular flexibility index (Phi) is 6.85. The molecule has 1 aromatic heterocycles. The van der Waals surface area contributed by atoms with Gasteiger partial charge in [0, 0.05) is 4.88 Å². The molecule has 1 aliphatic rings. The largest absolute Gasteiger partial charge is 0.483 e. The molecular formula is C18H20N2O5S. The Morgan fingerprint density at radius 3 is 2.62 bits per heavy atom. The molecule has 2 unspecified atom stereocenters. The van der Waals surface area contributed by atoms with E-state index in [4.69, 9.17) is 9.90 Å². The van der Waals surface area contributed by atoms with Gasteiger partial charge >= 0.3 is 5.97 Å². The first-order valence-electron chi connectivity index (χ1n) is 8.14. The van der Waals surface area contributed by atoms with Crippen molar-refractivity contribution < 1.29 is 24.6 Å². The van der Waals surface area contributed by atoms with Crippen LogP contribution in [0.25, 0.3) is 0 Å². The molecular weight excluding hydrogens is 356 g/mol. The van der Waals surface area contributed by atoms with E-state index in [2.05, 4.69) is 10.3 Å². The number of hydrogen-bond acceptors (Lipinski definition) is 5. The number of fused-ring (bicyclic) bond motifs is 1. The molecule has 1 aromatic carbocycles. The summed E-state index contributed by atoms with van der Waals surface area (Å²) < 4.78 is 0. The number of nitrogens with one attached hydrogen (secondary N) is 1. The third kappa shape index (κ3) is 4.66. The zero-order chi connectivity index (χ0) is 19.1. The van der Waals surface area contributed by atoms with E-state index >= 15 is 0 Å². The number of nitrogens with zero attached hydrogens (tertiary/aromatic N) is 1. The number of carboxylic acids is 1. The standard InChI is InChI=1S/C17H18N2O3S.CH2O2/c1-10(11-6-3-2-4-7-11)15(20)19-17-18-14-12(16(21)22)8-5-9-13(14)23-17;2-1-3/h2-4,6-7,10,12H,5,8-9H2,1H3,(H,21,22)(H,18,19,20);1H,(H,2,3). The number of amides is 1. The van der Waals surface area contributed by atoms with Crippen molar-refractivity contribution in [3.63, 3.8) is 0 Å². The molecule has 8 heteroatoms. The maximum absolute atomic E-state index is 12.4. The van der Waals surface area contributed by atoms with Crippen molar-refractivity contribution in [3.8, 4) is 0 Å². The lowest BCUT2D eigenvalue weighted by Gasteiger charge is -2.16. The first kappa shape index (κ1) is 19.6. The lowest BCUT2D eigenvalue weighted by molar-refractivity contribution is -0.139. The highest BCUT2D eigenvalue weighted by molar-refractivity contribution is 7.15. The van der Waals surface area contributed by atoms with E-state index in [-0.39, 0.29) is 18.3 Å². The number of aryl methyl sites for hydroxylation is 1. The maximum atomic E-state index is 12.4. The molecule has 0 spiro atoms. The van der Waals surface area contributed by atoms with Gasteiger partial charge in [-0.25, -0.2) is 4.98 Å². The van der Waals surface area contributed by atoms with Crippen molar-refractivity contribution in [3.05, 3.63) is 46.5 Å². The minimum absolute atomic E-state index is 0.130. The summed E-state index contributed by atoms with van der Waals surface area (Å²) in [5, 5.41) is 19.5. The quantitative estimate of drug-likeness (QED) is 0.706. The first-order valence-corrected chi connectivity index (χ1v) is 8.95. The van der Waals surface area contributed by atoms with Gasteiger partial charge in [-0.05, 0) is 31.7 Å². The number of rotatable bonds is 4. The average molecular weight is 376 g/mol. The molecule has 3 rings (SSSR count). The number of carboxylic acid groups (broad SMARTS) is 2. The van der Waals surface area contributed by atoms with Gasteiger partial charge in [0.15, 0.2) is 5.13 Å².